The van der Waals surface area contributed by atoms with Crippen molar-refractivity contribution in [3.63, 3.8) is 0 Å². The van der Waals surface area contributed by atoms with E-state index in [0.717, 1.165) is 53.8 Å². The molecule has 1 atom stereocenters. The predicted molar refractivity (Wildman–Crippen MR) is 143 cm³/mol. The van der Waals surface area contributed by atoms with E-state index >= 15 is 0 Å². The Labute approximate surface area is 215 Å². The van der Waals surface area contributed by atoms with E-state index in [0.29, 0.717) is 17.8 Å². The number of halogens is 1. The van der Waals surface area contributed by atoms with Crippen LogP contribution in [0.3, 0.4) is 0 Å². The highest BCUT2D eigenvalue weighted by atomic mass is 32.1. The molecular formula is C26H33FN8S. The zero-order valence-corrected chi connectivity index (χ0v) is 22.3. The van der Waals surface area contributed by atoms with Gasteiger partial charge in [0.05, 0.1) is 11.1 Å². The van der Waals surface area contributed by atoms with Gasteiger partial charge < -0.3 is 14.8 Å². The van der Waals surface area contributed by atoms with E-state index in [9.17, 15) is 4.39 Å². The molecule has 36 heavy (non-hydrogen) atoms. The lowest BCUT2D eigenvalue weighted by Gasteiger charge is -2.37. The number of thiophene rings is 1. The van der Waals surface area contributed by atoms with Crippen LogP contribution in [-0.4, -0.2) is 67.0 Å². The third-order valence-electron chi connectivity index (χ3n) is 6.95. The molecule has 1 saturated heterocycles. The lowest BCUT2D eigenvalue weighted by molar-refractivity contribution is 0.106. The second-order valence-electron chi connectivity index (χ2n) is 9.56. The number of aromatic nitrogens is 5. The van der Waals surface area contributed by atoms with Gasteiger partial charge in [0.25, 0.3) is 0 Å². The number of hydrogen-bond acceptors (Lipinski definition) is 8. The maximum Gasteiger partial charge on any atom is 0.229 e. The maximum absolute atomic E-state index is 14.7. The van der Waals surface area contributed by atoms with Crippen LogP contribution in [0.15, 0.2) is 30.6 Å². The summed E-state index contributed by atoms with van der Waals surface area (Å²) >= 11 is 1.49. The van der Waals surface area contributed by atoms with Gasteiger partial charge in [-0.25, -0.2) is 24.3 Å². The summed E-state index contributed by atoms with van der Waals surface area (Å²) in [4.78, 5) is 24.6. The summed E-state index contributed by atoms with van der Waals surface area (Å²) in [6, 6.07) is 6.48. The normalized spacial score (nSPS) is 16.2. The van der Waals surface area contributed by atoms with Crippen molar-refractivity contribution in [1.29, 1.82) is 0 Å². The Bertz CT molecular complexity index is 1340. The molecule has 0 aliphatic carbocycles. The third-order valence-corrected chi connectivity index (χ3v) is 8.08. The summed E-state index contributed by atoms with van der Waals surface area (Å²) in [6.45, 7) is 16.1. The monoisotopic (exact) mass is 508 g/mol. The van der Waals surface area contributed by atoms with Gasteiger partial charge in [-0.05, 0) is 51.9 Å². The minimum Gasteiger partial charge on any atom is -0.317 e. The number of likely N-dealkylation sites (N-methyl/N-ethyl adjacent to an activating group) is 1. The largest absolute Gasteiger partial charge is 0.317 e. The molecular weight excluding hydrogens is 475 g/mol. The maximum atomic E-state index is 14.7. The summed E-state index contributed by atoms with van der Waals surface area (Å²) in [5.74, 6) is 1.43. The molecule has 1 N–H and O–H groups in total. The first-order chi connectivity index (χ1) is 17.3. The molecule has 1 aliphatic heterocycles. The third kappa shape index (κ3) is 4.85. The van der Waals surface area contributed by atoms with Crippen molar-refractivity contribution in [3.05, 3.63) is 47.8 Å². The molecule has 0 aromatic carbocycles. The van der Waals surface area contributed by atoms with Crippen LogP contribution in [0.1, 0.15) is 51.2 Å². The predicted octanol–water partition coefficient (Wildman–Crippen LogP) is 5.42. The van der Waals surface area contributed by atoms with Gasteiger partial charge in [0, 0.05) is 44.5 Å². The molecule has 0 spiro atoms. The number of piperazine rings is 1. The van der Waals surface area contributed by atoms with Gasteiger partial charge >= 0.3 is 0 Å². The van der Waals surface area contributed by atoms with Gasteiger partial charge in [0.2, 0.25) is 5.95 Å². The van der Waals surface area contributed by atoms with Crippen LogP contribution in [0.25, 0.3) is 20.9 Å². The van der Waals surface area contributed by atoms with Crippen molar-refractivity contribution in [2.24, 2.45) is 0 Å². The average molecular weight is 509 g/mol. The molecule has 1 fully saturated rings. The molecule has 10 heteroatoms. The topological polar surface area (TPSA) is 75.0 Å². The van der Waals surface area contributed by atoms with Crippen LogP contribution in [0.4, 0.5) is 16.2 Å². The summed E-state index contributed by atoms with van der Waals surface area (Å²) in [6.07, 6.45) is 3.10. The van der Waals surface area contributed by atoms with Crippen molar-refractivity contribution < 1.29 is 4.39 Å². The first kappa shape index (κ1) is 24.7. The minimum atomic E-state index is -0.461. The van der Waals surface area contributed by atoms with Gasteiger partial charge in [0.15, 0.2) is 5.82 Å². The van der Waals surface area contributed by atoms with Crippen LogP contribution in [-0.2, 0) is 0 Å². The molecule has 8 nitrogen and oxygen atoms in total. The minimum absolute atomic E-state index is 0.264. The molecule has 0 amide bonds. The lowest BCUT2D eigenvalue weighted by atomic mass is 10.1. The van der Waals surface area contributed by atoms with E-state index < -0.39 is 5.82 Å². The zero-order chi connectivity index (χ0) is 25.4. The number of nitrogens with zero attached hydrogens (tertiary/aromatic N) is 7. The van der Waals surface area contributed by atoms with Gasteiger partial charge in [0.1, 0.15) is 27.7 Å². The van der Waals surface area contributed by atoms with Gasteiger partial charge in [-0.2, -0.15) is 0 Å². The van der Waals surface area contributed by atoms with Crippen molar-refractivity contribution in [2.75, 3.05) is 38.0 Å². The fraction of sp³-hybridized carbons (Fsp3) is 0.462. The lowest BCUT2D eigenvalue weighted by Crippen LogP contribution is -2.46. The molecule has 0 bridgehead atoms. The second-order valence-corrected chi connectivity index (χ2v) is 10.6. The van der Waals surface area contributed by atoms with Gasteiger partial charge in [-0.3, -0.25) is 4.90 Å². The fourth-order valence-electron chi connectivity index (χ4n) is 4.84. The van der Waals surface area contributed by atoms with Gasteiger partial charge in [-0.15, -0.1) is 11.3 Å². The number of imidazole rings is 1. The number of pyridine rings is 1. The second kappa shape index (κ2) is 10.2. The first-order valence-electron chi connectivity index (χ1n) is 12.5. The summed E-state index contributed by atoms with van der Waals surface area (Å²) in [7, 11) is 0. The molecule has 1 unspecified atom stereocenters. The Morgan fingerprint density at radius 2 is 1.83 bits per heavy atom. The van der Waals surface area contributed by atoms with E-state index in [2.05, 4.69) is 73.4 Å². The molecule has 0 radical (unpaired) electrons. The fourth-order valence-corrected chi connectivity index (χ4v) is 6.11. The van der Waals surface area contributed by atoms with E-state index in [1.165, 1.54) is 23.1 Å². The number of fused-ring (bicyclic) bond motifs is 1. The highest BCUT2D eigenvalue weighted by Crippen LogP contribution is 2.36. The molecule has 1 aliphatic rings. The zero-order valence-electron chi connectivity index (χ0n) is 21.5. The smallest absolute Gasteiger partial charge is 0.229 e. The molecule has 5 heterocycles. The highest BCUT2D eigenvalue weighted by molar-refractivity contribution is 7.21. The number of anilines is 2. The van der Waals surface area contributed by atoms with Crippen LogP contribution in [0, 0.1) is 12.7 Å². The summed E-state index contributed by atoms with van der Waals surface area (Å²) in [5, 5.41) is 3.13. The Kier molecular flexibility index (Phi) is 7.00. The van der Waals surface area contributed by atoms with Crippen LogP contribution in [0.5, 0.6) is 0 Å². The molecule has 190 valence electrons. The van der Waals surface area contributed by atoms with Gasteiger partial charge in [-0.1, -0.05) is 13.0 Å². The standard InChI is InChI=1S/C26H33FN8S/c1-6-33-9-11-34(12-10-33)17(4)19-7-8-23(28-14-19)31-26-29-15-20(27)24(32-26)22-13-21-25(36-22)35(16(2)3)18(5)30-21/h7-8,13-17H,6,9-12H2,1-5H3,(H,28,29,31,32). The Balaban J connectivity index is 1.32. The Hall–Kier alpha value is -2.95. The van der Waals surface area contributed by atoms with E-state index in [1.807, 2.05) is 25.3 Å². The van der Waals surface area contributed by atoms with Crippen molar-refractivity contribution in [2.45, 2.75) is 46.7 Å². The van der Waals surface area contributed by atoms with Crippen LogP contribution < -0.4 is 5.32 Å². The van der Waals surface area contributed by atoms with E-state index in [4.69, 9.17) is 0 Å². The van der Waals surface area contributed by atoms with Crippen LogP contribution in [0.2, 0.25) is 0 Å². The van der Waals surface area contributed by atoms with Crippen molar-refractivity contribution in [1.82, 2.24) is 34.3 Å². The number of nitrogens with one attached hydrogen (secondary N) is 1. The molecule has 0 saturated carbocycles. The van der Waals surface area contributed by atoms with E-state index in [1.54, 1.807) is 0 Å². The molecule has 4 aromatic rings. The average Bonchev–Trinajstić information content (AvgIpc) is 3.41. The summed E-state index contributed by atoms with van der Waals surface area (Å²) in [5.41, 5.74) is 2.29. The first-order valence-corrected chi connectivity index (χ1v) is 13.4. The number of aryl methyl sites for hydroxylation is 1. The highest BCUT2D eigenvalue weighted by Gasteiger charge is 2.22. The molecule has 5 rings (SSSR count). The van der Waals surface area contributed by atoms with Crippen molar-refractivity contribution >= 4 is 33.5 Å². The van der Waals surface area contributed by atoms with Crippen molar-refractivity contribution in [3.8, 4) is 10.6 Å². The quantitative estimate of drug-likeness (QED) is 0.357. The SMILES string of the molecule is CCN1CCN(C(C)c2ccc(Nc3ncc(F)c(-c4cc5nc(C)n(C(C)C)c5s4)n3)nc2)CC1. The number of rotatable bonds is 7. The number of hydrogen-bond donors (Lipinski definition) is 1. The molecule has 4 aromatic heterocycles. The van der Waals surface area contributed by atoms with E-state index in [-0.39, 0.29) is 11.7 Å². The Morgan fingerprint density at radius 3 is 2.50 bits per heavy atom. The van der Waals surface area contributed by atoms with Crippen LogP contribution >= 0.6 is 11.3 Å². The Morgan fingerprint density at radius 1 is 1.06 bits per heavy atom. The summed E-state index contributed by atoms with van der Waals surface area (Å²) < 4.78 is 16.9.